The minimum Gasteiger partial charge on any atom is -0.496 e. The molecule has 0 amide bonds. The summed E-state index contributed by atoms with van der Waals surface area (Å²) in [7, 11) is 3.01. The standard InChI is InChI=1S/C24H18O7/c1-26-16-11-20(27-2)23(24(25)15-7-8-18-19(9-15)29-13-28-18)21(12-16)31-22-10-14-5-3-4-6-17(14)30-22/h3-12H,13H2,1-2H3. The number of ketones is 1. The zero-order chi connectivity index (χ0) is 21.4. The number of ether oxygens (including phenoxy) is 5. The van der Waals surface area contributed by atoms with Gasteiger partial charge in [-0.25, -0.2) is 0 Å². The van der Waals surface area contributed by atoms with Crippen molar-refractivity contribution >= 4 is 16.8 Å². The van der Waals surface area contributed by atoms with Gasteiger partial charge in [0.2, 0.25) is 12.6 Å². The maximum absolute atomic E-state index is 13.5. The lowest BCUT2D eigenvalue weighted by Gasteiger charge is -2.15. The van der Waals surface area contributed by atoms with Crippen LogP contribution in [0.25, 0.3) is 11.0 Å². The summed E-state index contributed by atoms with van der Waals surface area (Å²) in [6.45, 7) is 0.124. The Balaban J connectivity index is 1.60. The van der Waals surface area contributed by atoms with Crippen molar-refractivity contribution in [3.05, 3.63) is 71.8 Å². The van der Waals surface area contributed by atoms with E-state index in [9.17, 15) is 4.79 Å². The molecule has 0 fully saturated rings. The number of fused-ring (bicyclic) bond motifs is 2. The number of rotatable bonds is 6. The van der Waals surface area contributed by atoms with Gasteiger partial charge in [-0.05, 0) is 24.3 Å². The van der Waals surface area contributed by atoms with Crippen LogP contribution in [0.2, 0.25) is 0 Å². The molecule has 0 aliphatic carbocycles. The Hall–Kier alpha value is -4.13. The molecule has 0 saturated carbocycles. The number of furan rings is 1. The molecule has 0 N–H and O–H groups in total. The molecule has 0 saturated heterocycles. The van der Waals surface area contributed by atoms with Crippen molar-refractivity contribution in [2.75, 3.05) is 21.0 Å². The molecular weight excluding hydrogens is 400 g/mol. The van der Waals surface area contributed by atoms with E-state index in [1.807, 2.05) is 24.3 Å². The molecule has 4 aromatic rings. The zero-order valence-electron chi connectivity index (χ0n) is 16.8. The van der Waals surface area contributed by atoms with E-state index < -0.39 is 0 Å². The summed E-state index contributed by atoms with van der Waals surface area (Å²) in [6.07, 6.45) is 0. The number of hydrogen-bond acceptors (Lipinski definition) is 7. The second-order valence-corrected chi connectivity index (χ2v) is 6.81. The highest BCUT2D eigenvalue weighted by molar-refractivity contribution is 6.13. The largest absolute Gasteiger partial charge is 0.496 e. The molecule has 0 atom stereocenters. The Labute approximate surface area is 177 Å². The SMILES string of the molecule is COc1cc(OC)c(C(=O)c2ccc3c(c2)OCO3)c(Oc2cc3ccccc3o2)c1. The van der Waals surface area contributed by atoms with E-state index in [0.29, 0.717) is 34.1 Å². The number of carbonyl (C=O) groups excluding carboxylic acids is 1. The van der Waals surface area contributed by atoms with Gasteiger partial charge in [-0.1, -0.05) is 18.2 Å². The van der Waals surface area contributed by atoms with Gasteiger partial charge >= 0.3 is 0 Å². The lowest BCUT2D eigenvalue weighted by Crippen LogP contribution is -2.07. The van der Waals surface area contributed by atoms with Crippen LogP contribution in [0, 0.1) is 0 Å². The van der Waals surface area contributed by atoms with Crippen LogP contribution in [0.15, 0.2) is 65.1 Å². The molecule has 1 aliphatic rings. The maximum Gasteiger partial charge on any atom is 0.291 e. The highest BCUT2D eigenvalue weighted by atomic mass is 16.7. The summed E-state index contributed by atoms with van der Waals surface area (Å²) < 4.78 is 33.4. The van der Waals surface area contributed by atoms with E-state index in [1.54, 1.807) is 36.4 Å². The van der Waals surface area contributed by atoms with Crippen LogP contribution in [-0.4, -0.2) is 26.8 Å². The molecule has 3 aromatic carbocycles. The molecule has 0 radical (unpaired) electrons. The van der Waals surface area contributed by atoms with E-state index in [4.69, 9.17) is 28.1 Å². The average Bonchev–Trinajstić information content (AvgIpc) is 3.43. The number of methoxy groups -OCH3 is 2. The van der Waals surface area contributed by atoms with E-state index in [1.165, 1.54) is 14.2 Å². The van der Waals surface area contributed by atoms with Gasteiger partial charge in [0.15, 0.2) is 11.5 Å². The van der Waals surface area contributed by atoms with E-state index in [-0.39, 0.29) is 29.8 Å². The Morgan fingerprint density at radius 2 is 1.68 bits per heavy atom. The summed E-state index contributed by atoms with van der Waals surface area (Å²) in [6, 6.07) is 17.6. The third kappa shape index (κ3) is 3.40. The summed E-state index contributed by atoms with van der Waals surface area (Å²) in [5.74, 6) is 2.09. The third-order valence-corrected chi connectivity index (χ3v) is 4.97. The third-order valence-electron chi connectivity index (χ3n) is 4.97. The summed E-state index contributed by atoms with van der Waals surface area (Å²) in [5.41, 5.74) is 1.32. The lowest BCUT2D eigenvalue weighted by atomic mass is 10.0. The van der Waals surface area contributed by atoms with E-state index >= 15 is 0 Å². The Kier molecular flexibility index (Phi) is 4.63. The first-order chi connectivity index (χ1) is 15.2. The Morgan fingerprint density at radius 3 is 2.48 bits per heavy atom. The molecule has 7 heteroatoms. The Bertz CT molecular complexity index is 1260. The van der Waals surface area contributed by atoms with Gasteiger partial charge in [-0.3, -0.25) is 4.79 Å². The normalized spacial score (nSPS) is 12.1. The molecule has 2 heterocycles. The second kappa shape index (κ2) is 7.60. The highest BCUT2D eigenvalue weighted by Crippen LogP contribution is 2.40. The van der Waals surface area contributed by atoms with Gasteiger partial charge in [0.1, 0.15) is 28.4 Å². The molecule has 0 bridgehead atoms. The molecular formula is C24H18O7. The van der Waals surface area contributed by atoms with Gasteiger partial charge < -0.3 is 28.1 Å². The van der Waals surface area contributed by atoms with Crippen LogP contribution in [0.4, 0.5) is 0 Å². The summed E-state index contributed by atoms with van der Waals surface area (Å²) in [4.78, 5) is 13.5. The minimum atomic E-state index is -0.302. The molecule has 7 nitrogen and oxygen atoms in total. The van der Waals surface area contributed by atoms with Crippen molar-refractivity contribution in [2.24, 2.45) is 0 Å². The van der Waals surface area contributed by atoms with Crippen molar-refractivity contribution in [3.8, 4) is 34.7 Å². The van der Waals surface area contributed by atoms with Crippen LogP contribution in [0.3, 0.4) is 0 Å². The van der Waals surface area contributed by atoms with Crippen LogP contribution >= 0.6 is 0 Å². The van der Waals surface area contributed by atoms with E-state index in [0.717, 1.165) is 5.39 Å². The minimum absolute atomic E-state index is 0.124. The Morgan fingerprint density at radius 1 is 0.871 bits per heavy atom. The highest BCUT2D eigenvalue weighted by Gasteiger charge is 2.25. The molecule has 0 unspecified atom stereocenters. The van der Waals surface area contributed by atoms with Crippen molar-refractivity contribution in [1.29, 1.82) is 0 Å². The monoisotopic (exact) mass is 418 g/mol. The number of carbonyl (C=O) groups is 1. The van der Waals surface area contributed by atoms with Crippen molar-refractivity contribution in [3.63, 3.8) is 0 Å². The van der Waals surface area contributed by atoms with E-state index in [2.05, 4.69) is 0 Å². The number of hydrogen-bond donors (Lipinski definition) is 0. The smallest absolute Gasteiger partial charge is 0.291 e. The van der Waals surface area contributed by atoms with Gasteiger partial charge in [0, 0.05) is 29.1 Å². The van der Waals surface area contributed by atoms with Crippen LogP contribution in [-0.2, 0) is 0 Å². The topological polar surface area (TPSA) is 76.4 Å². The van der Waals surface area contributed by atoms with Crippen molar-refractivity contribution in [2.45, 2.75) is 0 Å². The molecule has 31 heavy (non-hydrogen) atoms. The average molecular weight is 418 g/mol. The second-order valence-electron chi connectivity index (χ2n) is 6.81. The molecule has 1 aliphatic heterocycles. The predicted octanol–water partition coefficient (Wildman–Crippen LogP) is 5.20. The zero-order valence-corrected chi connectivity index (χ0v) is 16.8. The van der Waals surface area contributed by atoms with Gasteiger partial charge in [-0.15, -0.1) is 0 Å². The fraction of sp³-hybridized carbons (Fsp3) is 0.125. The molecule has 1 aromatic heterocycles. The molecule has 0 spiro atoms. The van der Waals surface area contributed by atoms with Gasteiger partial charge in [0.05, 0.1) is 14.2 Å². The van der Waals surface area contributed by atoms with Crippen molar-refractivity contribution in [1.82, 2.24) is 0 Å². The lowest BCUT2D eigenvalue weighted by molar-refractivity contribution is 0.103. The van der Waals surface area contributed by atoms with Crippen LogP contribution in [0.1, 0.15) is 15.9 Å². The quantitative estimate of drug-likeness (QED) is 0.398. The summed E-state index contributed by atoms with van der Waals surface area (Å²) >= 11 is 0. The van der Waals surface area contributed by atoms with Crippen LogP contribution in [0.5, 0.6) is 34.7 Å². The first-order valence-electron chi connectivity index (χ1n) is 9.53. The summed E-state index contributed by atoms with van der Waals surface area (Å²) in [5, 5.41) is 0.885. The first kappa shape index (κ1) is 18.9. The fourth-order valence-electron chi connectivity index (χ4n) is 3.45. The maximum atomic E-state index is 13.5. The molecule has 156 valence electrons. The van der Waals surface area contributed by atoms with Gasteiger partial charge in [-0.2, -0.15) is 0 Å². The molecule has 5 rings (SSSR count). The number of benzene rings is 3. The predicted molar refractivity (Wildman–Crippen MR) is 112 cm³/mol. The van der Waals surface area contributed by atoms with Gasteiger partial charge in [0.25, 0.3) is 5.95 Å². The number of para-hydroxylation sites is 1. The van der Waals surface area contributed by atoms with Crippen molar-refractivity contribution < 1.29 is 32.9 Å². The van der Waals surface area contributed by atoms with Crippen LogP contribution < -0.4 is 23.7 Å². The fourth-order valence-corrected chi connectivity index (χ4v) is 3.45. The first-order valence-corrected chi connectivity index (χ1v) is 9.53.